The molecule has 1 aromatic rings. The summed E-state index contributed by atoms with van der Waals surface area (Å²) in [6.07, 6.45) is 1.02. The first-order valence-electron chi connectivity index (χ1n) is 6.51. The van der Waals surface area contributed by atoms with Gasteiger partial charge in [0.1, 0.15) is 0 Å². The number of nitrogens with zero attached hydrogens (tertiary/aromatic N) is 1. The van der Waals surface area contributed by atoms with Crippen LogP contribution in [0.3, 0.4) is 0 Å². The van der Waals surface area contributed by atoms with Gasteiger partial charge in [-0.05, 0) is 37.0 Å². The van der Waals surface area contributed by atoms with E-state index in [-0.39, 0.29) is 11.9 Å². The molecule has 0 saturated heterocycles. The number of rotatable bonds is 5. The monoisotopic (exact) mass is 248 g/mol. The van der Waals surface area contributed by atoms with E-state index in [1.54, 1.807) is 0 Å². The van der Waals surface area contributed by atoms with Gasteiger partial charge in [-0.15, -0.1) is 0 Å². The normalized spacial score (nSPS) is 12.6. The van der Waals surface area contributed by atoms with Crippen molar-refractivity contribution in [1.29, 1.82) is 0 Å². The van der Waals surface area contributed by atoms with Crippen LogP contribution in [-0.4, -0.2) is 23.9 Å². The van der Waals surface area contributed by atoms with E-state index in [2.05, 4.69) is 20.8 Å². The zero-order valence-corrected chi connectivity index (χ0v) is 11.8. The van der Waals surface area contributed by atoms with Crippen molar-refractivity contribution in [2.45, 2.75) is 39.8 Å². The van der Waals surface area contributed by atoms with E-state index in [1.807, 2.05) is 36.2 Å². The molecule has 1 atom stereocenters. The summed E-state index contributed by atoms with van der Waals surface area (Å²) in [5.74, 6) is 0.668. The molecule has 0 spiro atoms. The van der Waals surface area contributed by atoms with Gasteiger partial charge in [0.2, 0.25) is 0 Å². The van der Waals surface area contributed by atoms with E-state index in [9.17, 15) is 4.79 Å². The molecule has 0 radical (unpaired) electrons. The van der Waals surface area contributed by atoms with Gasteiger partial charge in [-0.2, -0.15) is 0 Å². The van der Waals surface area contributed by atoms with Gasteiger partial charge < -0.3 is 10.6 Å². The minimum atomic E-state index is 0.0757. The lowest BCUT2D eigenvalue weighted by Gasteiger charge is -2.26. The Kier molecular flexibility index (Phi) is 5.35. The molecule has 0 fully saturated rings. The lowest BCUT2D eigenvalue weighted by molar-refractivity contribution is 0.0728. The molecule has 0 bridgehead atoms. The van der Waals surface area contributed by atoms with Crippen molar-refractivity contribution in [1.82, 2.24) is 4.90 Å². The summed E-state index contributed by atoms with van der Waals surface area (Å²) in [7, 11) is 1.87. The largest absolute Gasteiger partial charge is 0.339 e. The molecular weight excluding hydrogens is 224 g/mol. The average Bonchev–Trinajstić information content (AvgIpc) is 2.36. The van der Waals surface area contributed by atoms with Gasteiger partial charge in [-0.1, -0.05) is 26.0 Å². The highest BCUT2D eigenvalue weighted by Gasteiger charge is 2.18. The zero-order valence-electron chi connectivity index (χ0n) is 11.8. The van der Waals surface area contributed by atoms with Gasteiger partial charge >= 0.3 is 0 Å². The Bertz CT molecular complexity index is 384. The maximum Gasteiger partial charge on any atom is 0.253 e. The number of hydrogen-bond donors (Lipinski definition) is 1. The van der Waals surface area contributed by atoms with Crippen LogP contribution in [0.5, 0.6) is 0 Å². The number of amides is 1. The smallest absolute Gasteiger partial charge is 0.253 e. The maximum atomic E-state index is 12.3. The highest BCUT2D eigenvalue weighted by atomic mass is 16.2. The van der Waals surface area contributed by atoms with Gasteiger partial charge in [0, 0.05) is 25.2 Å². The van der Waals surface area contributed by atoms with E-state index in [0.717, 1.165) is 17.5 Å². The molecule has 1 unspecified atom stereocenters. The summed E-state index contributed by atoms with van der Waals surface area (Å²) in [5, 5.41) is 0. The van der Waals surface area contributed by atoms with Crippen LogP contribution in [0.4, 0.5) is 0 Å². The fourth-order valence-corrected chi connectivity index (χ4v) is 2.03. The van der Waals surface area contributed by atoms with E-state index >= 15 is 0 Å². The minimum absolute atomic E-state index is 0.0757. The first-order chi connectivity index (χ1) is 8.45. The van der Waals surface area contributed by atoms with Crippen molar-refractivity contribution in [3.05, 3.63) is 35.4 Å². The third-order valence-electron chi connectivity index (χ3n) is 3.23. The van der Waals surface area contributed by atoms with Gasteiger partial charge in [-0.25, -0.2) is 0 Å². The SMILES string of the molecule is CC(C)CC(C)N(C)C(=O)c1ccc(CN)cc1. The molecule has 0 heterocycles. The molecule has 18 heavy (non-hydrogen) atoms. The van der Waals surface area contributed by atoms with Crippen LogP contribution in [-0.2, 0) is 6.54 Å². The van der Waals surface area contributed by atoms with Crippen LogP contribution in [0.1, 0.15) is 43.1 Å². The highest BCUT2D eigenvalue weighted by molar-refractivity contribution is 5.94. The molecule has 0 aliphatic rings. The van der Waals surface area contributed by atoms with Gasteiger partial charge in [-0.3, -0.25) is 4.79 Å². The average molecular weight is 248 g/mol. The van der Waals surface area contributed by atoms with Crippen LogP contribution < -0.4 is 5.73 Å². The van der Waals surface area contributed by atoms with Gasteiger partial charge in [0.25, 0.3) is 5.91 Å². The summed E-state index contributed by atoms with van der Waals surface area (Å²) in [5.41, 5.74) is 7.32. The Morgan fingerprint density at radius 3 is 2.22 bits per heavy atom. The van der Waals surface area contributed by atoms with Crippen molar-refractivity contribution < 1.29 is 4.79 Å². The van der Waals surface area contributed by atoms with Gasteiger partial charge in [0.05, 0.1) is 0 Å². The second-order valence-electron chi connectivity index (χ2n) is 5.30. The summed E-state index contributed by atoms with van der Waals surface area (Å²) >= 11 is 0. The quantitative estimate of drug-likeness (QED) is 0.870. The van der Waals surface area contributed by atoms with Crippen LogP contribution in [0.15, 0.2) is 24.3 Å². The second-order valence-corrected chi connectivity index (χ2v) is 5.30. The molecule has 3 nitrogen and oxygen atoms in total. The summed E-state index contributed by atoms with van der Waals surface area (Å²) < 4.78 is 0. The Balaban J connectivity index is 2.73. The number of hydrogen-bond acceptors (Lipinski definition) is 2. The van der Waals surface area contributed by atoms with Crippen LogP contribution >= 0.6 is 0 Å². The summed E-state index contributed by atoms with van der Waals surface area (Å²) in [4.78, 5) is 14.1. The molecule has 1 aromatic carbocycles. The Hall–Kier alpha value is -1.35. The first kappa shape index (κ1) is 14.7. The predicted molar refractivity (Wildman–Crippen MR) is 75.3 cm³/mol. The molecule has 0 aromatic heterocycles. The maximum absolute atomic E-state index is 12.3. The Labute approximate surface area is 110 Å². The minimum Gasteiger partial charge on any atom is -0.339 e. The first-order valence-corrected chi connectivity index (χ1v) is 6.51. The molecule has 3 heteroatoms. The topological polar surface area (TPSA) is 46.3 Å². The van der Waals surface area contributed by atoms with E-state index in [1.165, 1.54) is 0 Å². The van der Waals surface area contributed by atoms with E-state index in [0.29, 0.717) is 12.5 Å². The van der Waals surface area contributed by atoms with Crippen molar-refractivity contribution >= 4 is 5.91 Å². The third-order valence-corrected chi connectivity index (χ3v) is 3.23. The molecule has 2 N–H and O–H groups in total. The van der Waals surface area contributed by atoms with Crippen LogP contribution in [0, 0.1) is 5.92 Å². The molecule has 1 rings (SSSR count). The molecule has 0 aliphatic carbocycles. The molecule has 0 saturated carbocycles. The second kappa shape index (κ2) is 6.55. The lowest BCUT2D eigenvalue weighted by Crippen LogP contribution is -2.35. The fourth-order valence-electron chi connectivity index (χ4n) is 2.03. The van der Waals surface area contributed by atoms with Crippen molar-refractivity contribution in [2.75, 3.05) is 7.05 Å². The fraction of sp³-hybridized carbons (Fsp3) is 0.533. The third kappa shape index (κ3) is 3.84. The summed E-state index contributed by atoms with van der Waals surface area (Å²) in [6.45, 7) is 6.94. The van der Waals surface area contributed by atoms with Crippen molar-refractivity contribution in [2.24, 2.45) is 11.7 Å². The van der Waals surface area contributed by atoms with Crippen LogP contribution in [0.2, 0.25) is 0 Å². The molecule has 0 aliphatic heterocycles. The van der Waals surface area contributed by atoms with E-state index in [4.69, 9.17) is 5.73 Å². The molecule has 100 valence electrons. The molecule has 1 amide bonds. The lowest BCUT2D eigenvalue weighted by atomic mass is 10.0. The Morgan fingerprint density at radius 2 is 1.78 bits per heavy atom. The van der Waals surface area contributed by atoms with Crippen molar-refractivity contribution in [3.63, 3.8) is 0 Å². The molecular formula is C15H24N2O. The standard InChI is InChI=1S/C15H24N2O/c1-11(2)9-12(3)17(4)15(18)14-7-5-13(10-16)6-8-14/h5-8,11-12H,9-10,16H2,1-4H3. The van der Waals surface area contributed by atoms with Crippen molar-refractivity contribution in [3.8, 4) is 0 Å². The number of nitrogens with two attached hydrogens (primary N) is 1. The summed E-state index contributed by atoms with van der Waals surface area (Å²) in [6, 6.07) is 7.78. The van der Waals surface area contributed by atoms with Gasteiger partial charge in [0.15, 0.2) is 0 Å². The number of benzene rings is 1. The Morgan fingerprint density at radius 1 is 1.22 bits per heavy atom. The zero-order chi connectivity index (χ0) is 13.7. The number of carbonyl (C=O) groups excluding carboxylic acids is 1. The highest BCUT2D eigenvalue weighted by Crippen LogP contribution is 2.13. The number of carbonyl (C=O) groups is 1. The van der Waals surface area contributed by atoms with E-state index < -0.39 is 0 Å². The van der Waals surface area contributed by atoms with Crippen LogP contribution in [0.25, 0.3) is 0 Å². The predicted octanol–water partition coefficient (Wildman–Crippen LogP) is 2.65.